The monoisotopic (exact) mass is 500 g/mol. The summed E-state index contributed by atoms with van der Waals surface area (Å²) < 4.78 is 197. The molecule has 19 heteroatoms. The molecule has 4 nitrogen and oxygen atoms in total. The molecule has 0 rings (SSSR count). The summed E-state index contributed by atoms with van der Waals surface area (Å²) >= 11 is 0. The number of alkyl halides is 15. The highest BCUT2D eigenvalue weighted by Crippen LogP contribution is 2.63. The number of aliphatic hydroxyl groups is 2. The lowest BCUT2D eigenvalue weighted by Crippen LogP contribution is -2.75. The summed E-state index contributed by atoms with van der Waals surface area (Å²) in [5.41, 5.74) is -1.14. The van der Waals surface area contributed by atoms with E-state index in [0.717, 1.165) is 0 Å². The van der Waals surface area contributed by atoms with Crippen molar-refractivity contribution in [2.45, 2.75) is 54.6 Å². The summed E-state index contributed by atoms with van der Waals surface area (Å²) in [6.45, 7) is 3.06. The van der Waals surface area contributed by atoms with Crippen LogP contribution in [0, 0.1) is 0 Å². The molecule has 0 aromatic carbocycles. The predicted molar refractivity (Wildman–Crippen MR) is 63.8 cm³/mol. The van der Waals surface area contributed by atoms with Gasteiger partial charge in [0.25, 0.3) is 0 Å². The van der Waals surface area contributed by atoms with Crippen LogP contribution < -0.4 is 0 Å². The number of hydrogen-bond donors (Lipinski definition) is 2. The van der Waals surface area contributed by atoms with Gasteiger partial charge in [-0.3, -0.25) is 0 Å². The average Bonchev–Trinajstić information content (AvgIpc) is 2.51. The van der Waals surface area contributed by atoms with E-state index >= 15 is 0 Å². The van der Waals surface area contributed by atoms with Crippen molar-refractivity contribution in [3.05, 3.63) is 12.2 Å². The molecule has 0 amide bonds. The van der Waals surface area contributed by atoms with Crippen molar-refractivity contribution in [1.82, 2.24) is 0 Å². The second-order valence-corrected chi connectivity index (χ2v) is 5.72. The molecule has 0 aromatic heterocycles. The molecule has 0 aliphatic heterocycles. The minimum Gasteiger partial charge on any atom is -0.400 e. The van der Waals surface area contributed by atoms with Gasteiger partial charge >= 0.3 is 53.7 Å². The Bertz CT molecular complexity index is 722. The molecule has 0 aromatic rings. The van der Waals surface area contributed by atoms with Gasteiger partial charge in [0.1, 0.15) is 0 Å². The first-order valence-corrected chi connectivity index (χ1v) is 6.75. The third-order valence-electron chi connectivity index (χ3n) is 3.32. The Labute approximate surface area is 159 Å². The zero-order valence-electron chi connectivity index (χ0n) is 14.1. The topological polar surface area (TPSA) is 66.8 Å². The van der Waals surface area contributed by atoms with E-state index in [1.807, 2.05) is 0 Å². The van der Waals surface area contributed by atoms with Crippen molar-refractivity contribution in [1.29, 1.82) is 0 Å². The van der Waals surface area contributed by atoms with Crippen molar-refractivity contribution in [3.8, 4) is 0 Å². The first-order chi connectivity index (χ1) is 13.1. The normalized spacial score (nSPS) is 15.7. The molecule has 0 aliphatic carbocycles. The minimum atomic E-state index is -8.62. The van der Waals surface area contributed by atoms with Crippen LogP contribution in [0.1, 0.15) is 6.92 Å². The van der Waals surface area contributed by atoms with Crippen LogP contribution in [-0.2, 0) is 9.53 Å². The second-order valence-electron chi connectivity index (χ2n) is 5.72. The third kappa shape index (κ3) is 3.89. The highest BCUT2D eigenvalue weighted by molar-refractivity contribution is 5.87. The van der Waals surface area contributed by atoms with Crippen molar-refractivity contribution in [2.24, 2.45) is 0 Å². The van der Waals surface area contributed by atoms with Gasteiger partial charge in [-0.2, -0.15) is 65.9 Å². The molecule has 0 saturated carbocycles. The van der Waals surface area contributed by atoms with Crippen molar-refractivity contribution >= 4 is 5.97 Å². The molecule has 2 N–H and O–H groups in total. The maximum atomic E-state index is 13.5. The molecule has 0 atom stereocenters. The van der Waals surface area contributed by atoms with E-state index in [0.29, 0.717) is 6.92 Å². The molecular weight excluding hydrogens is 493 g/mol. The molecule has 0 spiro atoms. The number of hydrogen-bond acceptors (Lipinski definition) is 4. The standard InChI is InChI=1S/C12H7F15O4/c1-3(2)4(28)31-12(29,30)10(23,24)8(19,20)6(15,16)5(13,14)7(17,18)9(21,22)11(25,26)27/h29-30H,1H2,2H3. The summed E-state index contributed by atoms with van der Waals surface area (Å²) in [5.74, 6) is -58.5. The molecule has 0 radical (unpaired) electrons. The lowest BCUT2D eigenvalue weighted by atomic mass is 9.90. The maximum Gasteiger partial charge on any atom is 0.460 e. The number of rotatable bonds is 8. The van der Waals surface area contributed by atoms with Crippen LogP contribution in [0.25, 0.3) is 0 Å². The third-order valence-corrected chi connectivity index (χ3v) is 3.32. The Morgan fingerprint density at radius 3 is 1.13 bits per heavy atom. The second kappa shape index (κ2) is 7.31. The fraction of sp³-hybridized carbons (Fsp3) is 0.750. The quantitative estimate of drug-likeness (QED) is 0.228. The van der Waals surface area contributed by atoms with Crippen LogP contribution in [0.2, 0.25) is 0 Å². The SMILES string of the molecule is C=C(C)C(=O)OC(O)(O)C(F)(F)C(F)(F)C(F)(F)C(F)(F)C(F)(F)C(F)(F)C(F)(F)F. The van der Waals surface area contributed by atoms with E-state index in [2.05, 4.69) is 11.3 Å². The fourth-order valence-corrected chi connectivity index (χ4v) is 1.45. The summed E-state index contributed by atoms with van der Waals surface area (Å²) in [7, 11) is 0. The maximum absolute atomic E-state index is 13.5. The van der Waals surface area contributed by atoms with E-state index in [4.69, 9.17) is 10.2 Å². The van der Waals surface area contributed by atoms with E-state index in [9.17, 15) is 70.7 Å². The molecule has 31 heavy (non-hydrogen) atoms. The zero-order valence-corrected chi connectivity index (χ0v) is 14.1. The van der Waals surface area contributed by atoms with E-state index in [1.165, 1.54) is 0 Å². The highest BCUT2D eigenvalue weighted by atomic mass is 19.4. The average molecular weight is 500 g/mol. The summed E-state index contributed by atoms with van der Waals surface area (Å²) in [5, 5.41) is 17.3. The van der Waals surface area contributed by atoms with Crippen molar-refractivity contribution in [2.75, 3.05) is 0 Å². The Hall–Kier alpha value is -1.92. The Balaban J connectivity index is 6.69. The van der Waals surface area contributed by atoms with Gasteiger partial charge in [0, 0.05) is 5.57 Å². The number of halogens is 15. The van der Waals surface area contributed by atoms with Gasteiger partial charge in [0.05, 0.1) is 0 Å². The Kier molecular flexibility index (Phi) is 6.86. The number of carbonyl (C=O) groups excluding carboxylic acids is 1. The van der Waals surface area contributed by atoms with Gasteiger partial charge in [-0.05, 0) is 6.92 Å². The van der Waals surface area contributed by atoms with Gasteiger partial charge in [0.2, 0.25) is 0 Å². The summed E-state index contributed by atoms with van der Waals surface area (Å²) in [4.78, 5) is 10.9. The molecule has 0 heterocycles. The van der Waals surface area contributed by atoms with Crippen LogP contribution >= 0.6 is 0 Å². The zero-order chi connectivity index (χ0) is 25.9. The van der Waals surface area contributed by atoms with E-state index < -0.39 is 59.2 Å². The highest BCUT2D eigenvalue weighted by Gasteiger charge is 2.95. The first-order valence-electron chi connectivity index (χ1n) is 6.75. The number of ether oxygens (including phenoxy) is 1. The van der Waals surface area contributed by atoms with Gasteiger partial charge in [0.15, 0.2) is 0 Å². The molecule has 0 aliphatic rings. The van der Waals surface area contributed by atoms with E-state index in [-0.39, 0.29) is 0 Å². The first kappa shape index (κ1) is 29.1. The summed E-state index contributed by atoms with van der Waals surface area (Å²) in [6.07, 6.45) is -7.78. The molecular formula is C12H7F15O4. The van der Waals surface area contributed by atoms with Crippen molar-refractivity contribution < 1.29 is 85.6 Å². The Morgan fingerprint density at radius 1 is 0.613 bits per heavy atom. The summed E-state index contributed by atoms with van der Waals surface area (Å²) in [6, 6.07) is 0. The molecule has 0 fully saturated rings. The van der Waals surface area contributed by atoms with Crippen LogP contribution in [0.5, 0.6) is 0 Å². The van der Waals surface area contributed by atoms with Crippen LogP contribution in [-0.4, -0.2) is 63.9 Å². The lowest BCUT2D eigenvalue weighted by molar-refractivity contribution is -0.494. The minimum absolute atomic E-state index is 0.497. The van der Waals surface area contributed by atoms with Gasteiger partial charge in [-0.15, -0.1) is 0 Å². The number of esters is 1. The van der Waals surface area contributed by atoms with Gasteiger partial charge in [-0.25, -0.2) is 4.79 Å². The van der Waals surface area contributed by atoms with Gasteiger partial charge < -0.3 is 14.9 Å². The molecule has 0 bridgehead atoms. The van der Waals surface area contributed by atoms with E-state index in [1.54, 1.807) is 0 Å². The molecule has 0 saturated heterocycles. The largest absolute Gasteiger partial charge is 0.460 e. The molecule has 0 unspecified atom stereocenters. The number of carbonyl (C=O) groups is 1. The fourth-order valence-electron chi connectivity index (χ4n) is 1.45. The Morgan fingerprint density at radius 2 is 0.871 bits per heavy atom. The molecule has 184 valence electrons. The van der Waals surface area contributed by atoms with Crippen molar-refractivity contribution in [3.63, 3.8) is 0 Å². The smallest absolute Gasteiger partial charge is 0.400 e. The van der Waals surface area contributed by atoms with Gasteiger partial charge in [-0.1, -0.05) is 6.58 Å². The van der Waals surface area contributed by atoms with Crippen LogP contribution in [0.3, 0.4) is 0 Å². The predicted octanol–water partition coefficient (Wildman–Crippen LogP) is 4.12. The van der Waals surface area contributed by atoms with Crippen LogP contribution in [0.4, 0.5) is 65.9 Å². The lowest BCUT2D eigenvalue weighted by Gasteiger charge is -2.43. The van der Waals surface area contributed by atoms with Crippen LogP contribution in [0.15, 0.2) is 12.2 Å².